The first-order valence-corrected chi connectivity index (χ1v) is 4.51. The molecule has 1 aromatic heterocycles. The highest BCUT2D eigenvalue weighted by atomic mass is 16.5. The number of phenolic OH excluding ortho intramolecular Hbond substituents is 1. The van der Waals surface area contributed by atoms with Crippen molar-refractivity contribution in [3.63, 3.8) is 0 Å². The van der Waals surface area contributed by atoms with Gasteiger partial charge in [-0.05, 0) is 18.2 Å². The largest absolute Gasteiger partial charge is 0.508 e. The number of hydrogen-bond donors (Lipinski definition) is 1. The Kier molecular flexibility index (Phi) is 2.36. The fourth-order valence-electron chi connectivity index (χ4n) is 1.31. The molecule has 0 aliphatic rings. The summed E-state index contributed by atoms with van der Waals surface area (Å²) in [7, 11) is 0. The standard InChI is InChI=1S/C11H8O5/c1-6(12)15-10-4-7-2-3-8(13)5-9(7)16-11(10)14/h2-5,13H,1H3. The number of rotatable bonds is 1. The van der Waals surface area contributed by atoms with Gasteiger partial charge in [-0.25, -0.2) is 4.79 Å². The molecule has 1 heterocycles. The lowest BCUT2D eigenvalue weighted by Crippen LogP contribution is -2.10. The number of aromatic hydroxyl groups is 1. The van der Waals surface area contributed by atoms with Crippen LogP contribution in [-0.4, -0.2) is 11.1 Å². The molecule has 5 nitrogen and oxygen atoms in total. The summed E-state index contributed by atoms with van der Waals surface area (Å²) in [6, 6.07) is 5.71. The molecule has 5 heteroatoms. The molecular formula is C11H8O5. The Morgan fingerprint density at radius 3 is 2.81 bits per heavy atom. The van der Waals surface area contributed by atoms with Crippen molar-refractivity contribution in [3.05, 3.63) is 34.7 Å². The molecule has 1 N–H and O–H groups in total. The summed E-state index contributed by atoms with van der Waals surface area (Å²) in [5, 5.41) is 9.75. The fraction of sp³-hybridized carbons (Fsp3) is 0.0909. The number of fused-ring (bicyclic) bond motifs is 1. The first-order chi connectivity index (χ1) is 7.56. The van der Waals surface area contributed by atoms with Gasteiger partial charge in [0.2, 0.25) is 5.75 Å². The normalized spacial score (nSPS) is 10.3. The summed E-state index contributed by atoms with van der Waals surface area (Å²) in [6.45, 7) is 1.19. The van der Waals surface area contributed by atoms with Crippen LogP contribution in [0.25, 0.3) is 11.0 Å². The van der Waals surface area contributed by atoms with E-state index in [0.717, 1.165) is 0 Å². The highest BCUT2D eigenvalue weighted by Gasteiger charge is 2.08. The van der Waals surface area contributed by atoms with E-state index in [9.17, 15) is 14.7 Å². The molecule has 2 rings (SSSR count). The van der Waals surface area contributed by atoms with Crippen LogP contribution in [0.5, 0.6) is 11.5 Å². The van der Waals surface area contributed by atoms with E-state index in [0.29, 0.717) is 5.39 Å². The molecule has 0 aliphatic carbocycles. The summed E-state index contributed by atoms with van der Waals surface area (Å²) >= 11 is 0. The number of phenols is 1. The number of carbonyl (C=O) groups excluding carboxylic acids is 1. The van der Waals surface area contributed by atoms with E-state index in [1.54, 1.807) is 6.07 Å². The second-order valence-corrected chi connectivity index (χ2v) is 3.21. The lowest BCUT2D eigenvalue weighted by molar-refractivity contribution is -0.132. The lowest BCUT2D eigenvalue weighted by atomic mass is 10.2. The van der Waals surface area contributed by atoms with Gasteiger partial charge in [0.1, 0.15) is 11.3 Å². The Balaban J connectivity index is 2.63. The first-order valence-electron chi connectivity index (χ1n) is 4.51. The van der Waals surface area contributed by atoms with Gasteiger partial charge < -0.3 is 14.3 Å². The average Bonchev–Trinajstić information content (AvgIpc) is 2.19. The second kappa shape index (κ2) is 3.69. The minimum absolute atomic E-state index is 0.00381. The van der Waals surface area contributed by atoms with Crippen LogP contribution in [0.1, 0.15) is 6.92 Å². The van der Waals surface area contributed by atoms with Crippen molar-refractivity contribution in [2.24, 2.45) is 0 Å². The van der Waals surface area contributed by atoms with Gasteiger partial charge >= 0.3 is 11.6 Å². The van der Waals surface area contributed by atoms with Gasteiger partial charge in [-0.3, -0.25) is 4.79 Å². The summed E-state index contributed by atoms with van der Waals surface area (Å²) in [5.74, 6) is -0.757. The highest BCUT2D eigenvalue weighted by molar-refractivity contribution is 5.80. The quantitative estimate of drug-likeness (QED) is 0.581. The Bertz CT molecular complexity index is 611. The van der Waals surface area contributed by atoms with Gasteiger partial charge in [-0.2, -0.15) is 0 Å². The number of benzene rings is 1. The van der Waals surface area contributed by atoms with Crippen LogP contribution in [0.2, 0.25) is 0 Å². The summed E-state index contributed by atoms with van der Waals surface area (Å²) in [5.41, 5.74) is -0.519. The Labute approximate surface area is 89.9 Å². The van der Waals surface area contributed by atoms with Gasteiger partial charge in [0.25, 0.3) is 0 Å². The smallest absolute Gasteiger partial charge is 0.379 e. The summed E-state index contributed by atoms with van der Waals surface area (Å²) in [6.07, 6.45) is 0. The molecule has 82 valence electrons. The summed E-state index contributed by atoms with van der Waals surface area (Å²) < 4.78 is 9.56. The molecule has 0 atom stereocenters. The van der Waals surface area contributed by atoms with E-state index in [1.165, 1.54) is 25.1 Å². The minimum atomic E-state index is -0.756. The number of esters is 1. The van der Waals surface area contributed by atoms with Crippen molar-refractivity contribution in [2.45, 2.75) is 6.92 Å². The van der Waals surface area contributed by atoms with Crippen LogP contribution in [0.4, 0.5) is 0 Å². The van der Waals surface area contributed by atoms with E-state index in [4.69, 9.17) is 4.42 Å². The topological polar surface area (TPSA) is 76.7 Å². The van der Waals surface area contributed by atoms with Crippen molar-refractivity contribution >= 4 is 16.9 Å². The van der Waals surface area contributed by atoms with Crippen LogP contribution in [0.3, 0.4) is 0 Å². The lowest BCUT2D eigenvalue weighted by Gasteiger charge is -2.01. The molecule has 16 heavy (non-hydrogen) atoms. The molecule has 2 aromatic rings. The van der Waals surface area contributed by atoms with Crippen molar-refractivity contribution in [1.29, 1.82) is 0 Å². The van der Waals surface area contributed by atoms with E-state index in [2.05, 4.69) is 4.74 Å². The van der Waals surface area contributed by atoms with E-state index >= 15 is 0 Å². The highest BCUT2D eigenvalue weighted by Crippen LogP contribution is 2.21. The maximum Gasteiger partial charge on any atom is 0.379 e. The predicted octanol–water partition coefficient (Wildman–Crippen LogP) is 1.42. The molecule has 0 bridgehead atoms. The maximum absolute atomic E-state index is 11.4. The van der Waals surface area contributed by atoms with Crippen molar-refractivity contribution in [3.8, 4) is 11.5 Å². The number of carbonyl (C=O) groups is 1. The van der Waals surface area contributed by atoms with Crippen molar-refractivity contribution < 1.29 is 19.1 Å². The molecule has 0 unspecified atom stereocenters. The number of hydrogen-bond acceptors (Lipinski definition) is 5. The van der Waals surface area contributed by atoms with Crippen molar-refractivity contribution in [2.75, 3.05) is 0 Å². The minimum Gasteiger partial charge on any atom is -0.508 e. The zero-order chi connectivity index (χ0) is 11.7. The van der Waals surface area contributed by atoms with Gasteiger partial charge in [0.15, 0.2) is 0 Å². The molecule has 0 amide bonds. The monoisotopic (exact) mass is 220 g/mol. The molecule has 0 saturated carbocycles. The van der Waals surface area contributed by atoms with E-state index in [1.807, 2.05) is 0 Å². The third kappa shape index (κ3) is 1.88. The molecular weight excluding hydrogens is 212 g/mol. The van der Waals surface area contributed by atoms with Gasteiger partial charge in [0.05, 0.1) is 0 Å². The van der Waals surface area contributed by atoms with E-state index in [-0.39, 0.29) is 17.1 Å². The van der Waals surface area contributed by atoms with Crippen LogP contribution >= 0.6 is 0 Å². The zero-order valence-electron chi connectivity index (χ0n) is 8.39. The zero-order valence-corrected chi connectivity index (χ0v) is 8.39. The van der Waals surface area contributed by atoms with Crippen LogP contribution in [0, 0.1) is 0 Å². The maximum atomic E-state index is 11.4. The van der Waals surface area contributed by atoms with Gasteiger partial charge in [-0.15, -0.1) is 0 Å². The molecule has 1 aromatic carbocycles. The molecule has 0 spiro atoms. The van der Waals surface area contributed by atoms with Gasteiger partial charge in [-0.1, -0.05) is 0 Å². The van der Waals surface area contributed by atoms with Crippen LogP contribution in [0.15, 0.2) is 33.5 Å². The molecule has 0 aliphatic heterocycles. The third-order valence-corrected chi connectivity index (χ3v) is 1.94. The molecule has 0 radical (unpaired) electrons. The third-order valence-electron chi connectivity index (χ3n) is 1.94. The predicted molar refractivity (Wildman–Crippen MR) is 55.5 cm³/mol. The van der Waals surface area contributed by atoms with Gasteiger partial charge in [0, 0.05) is 18.4 Å². The first kappa shape index (κ1) is 10.2. The van der Waals surface area contributed by atoms with Crippen molar-refractivity contribution in [1.82, 2.24) is 0 Å². The second-order valence-electron chi connectivity index (χ2n) is 3.21. The number of ether oxygens (including phenoxy) is 1. The van der Waals surface area contributed by atoms with E-state index < -0.39 is 11.6 Å². The summed E-state index contributed by atoms with van der Waals surface area (Å²) in [4.78, 5) is 22.1. The Hall–Kier alpha value is -2.30. The molecule has 0 saturated heterocycles. The molecule has 0 fully saturated rings. The Morgan fingerprint density at radius 1 is 1.38 bits per heavy atom. The average molecular weight is 220 g/mol. The fourth-order valence-corrected chi connectivity index (χ4v) is 1.31. The SMILES string of the molecule is CC(=O)Oc1cc2ccc(O)cc2oc1=O. The van der Waals surface area contributed by atoms with Crippen LogP contribution in [-0.2, 0) is 4.79 Å². The van der Waals surface area contributed by atoms with Crippen LogP contribution < -0.4 is 10.4 Å². The Morgan fingerprint density at radius 2 is 2.12 bits per heavy atom.